The number of piperidine rings is 1. The number of hydrogen-bond donors (Lipinski definition) is 2. The summed E-state index contributed by atoms with van der Waals surface area (Å²) in [6.45, 7) is 3.07. The Morgan fingerprint density at radius 3 is 2.62 bits per heavy atom. The summed E-state index contributed by atoms with van der Waals surface area (Å²) in [7, 11) is 1.76. The lowest BCUT2D eigenvalue weighted by atomic mass is 10.1. The summed E-state index contributed by atoms with van der Waals surface area (Å²) < 4.78 is 5.26. The van der Waals surface area contributed by atoms with E-state index in [1.165, 1.54) is 0 Å². The number of aliphatic hydroxyl groups excluding tert-OH is 1. The summed E-state index contributed by atoms with van der Waals surface area (Å²) in [4.78, 5) is 2.24. The van der Waals surface area contributed by atoms with Crippen molar-refractivity contribution in [2.45, 2.75) is 25.0 Å². The van der Waals surface area contributed by atoms with Gasteiger partial charge in [0, 0.05) is 33.3 Å². The summed E-state index contributed by atoms with van der Waals surface area (Å²) in [6.07, 6.45) is 2.16. The SMILES string of the molecule is COC1CCN(C[C@@H](O)CN)CC1. The van der Waals surface area contributed by atoms with Gasteiger partial charge in [-0.3, -0.25) is 0 Å². The van der Waals surface area contributed by atoms with Crippen molar-refractivity contribution in [2.24, 2.45) is 5.73 Å². The summed E-state index contributed by atoms with van der Waals surface area (Å²) in [5.74, 6) is 0. The van der Waals surface area contributed by atoms with E-state index in [4.69, 9.17) is 10.5 Å². The number of hydrogen-bond acceptors (Lipinski definition) is 4. The molecule has 0 bridgehead atoms. The molecule has 0 amide bonds. The third-order valence-corrected chi connectivity index (χ3v) is 2.61. The smallest absolute Gasteiger partial charge is 0.0789 e. The first-order valence-electron chi connectivity index (χ1n) is 4.89. The largest absolute Gasteiger partial charge is 0.390 e. The Kier molecular flexibility index (Phi) is 4.66. The molecule has 1 saturated heterocycles. The van der Waals surface area contributed by atoms with Gasteiger partial charge in [0.25, 0.3) is 0 Å². The van der Waals surface area contributed by atoms with Crippen LogP contribution in [0.2, 0.25) is 0 Å². The van der Waals surface area contributed by atoms with Crippen LogP contribution in [0.15, 0.2) is 0 Å². The first kappa shape index (κ1) is 10.9. The second-order valence-corrected chi connectivity index (χ2v) is 3.63. The zero-order valence-electron chi connectivity index (χ0n) is 8.28. The van der Waals surface area contributed by atoms with Gasteiger partial charge in [0.05, 0.1) is 12.2 Å². The summed E-state index contributed by atoms with van der Waals surface area (Å²) in [6, 6.07) is 0. The van der Waals surface area contributed by atoms with Crippen molar-refractivity contribution in [3.63, 3.8) is 0 Å². The molecule has 1 atom stereocenters. The van der Waals surface area contributed by atoms with Crippen LogP contribution in [0, 0.1) is 0 Å². The molecular formula is C9H20N2O2. The van der Waals surface area contributed by atoms with Gasteiger partial charge < -0.3 is 20.5 Å². The van der Waals surface area contributed by atoms with E-state index in [1.807, 2.05) is 0 Å². The van der Waals surface area contributed by atoms with Crippen molar-refractivity contribution in [2.75, 3.05) is 33.3 Å². The second-order valence-electron chi connectivity index (χ2n) is 3.63. The van der Waals surface area contributed by atoms with Crippen LogP contribution in [0.1, 0.15) is 12.8 Å². The highest BCUT2D eigenvalue weighted by molar-refractivity contribution is 4.74. The third-order valence-electron chi connectivity index (χ3n) is 2.61. The van der Waals surface area contributed by atoms with Crippen LogP contribution in [-0.2, 0) is 4.74 Å². The maximum absolute atomic E-state index is 9.34. The molecule has 1 aliphatic rings. The Morgan fingerprint density at radius 2 is 2.15 bits per heavy atom. The predicted molar refractivity (Wildman–Crippen MR) is 51.5 cm³/mol. The van der Waals surface area contributed by atoms with Gasteiger partial charge >= 0.3 is 0 Å². The van der Waals surface area contributed by atoms with Gasteiger partial charge in [0.1, 0.15) is 0 Å². The van der Waals surface area contributed by atoms with E-state index in [1.54, 1.807) is 7.11 Å². The first-order valence-corrected chi connectivity index (χ1v) is 4.89. The van der Waals surface area contributed by atoms with Gasteiger partial charge in [-0.2, -0.15) is 0 Å². The van der Waals surface area contributed by atoms with Crippen LogP contribution in [0.3, 0.4) is 0 Å². The Balaban J connectivity index is 2.17. The lowest BCUT2D eigenvalue weighted by molar-refractivity contribution is 0.0259. The molecule has 0 aromatic carbocycles. The van der Waals surface area contributed by atoms with E-state index in [0.717, 1.165) is 25.9 Å². The molecule has 1 fully saturated rings. The molecule has 0 saturated carbocycles. The minimum atomic E-state index is -0.376. The fourth-order valence-electron chi connectivity index (χ4n) is 1.70. The average molecular weight is 188 g/mol. The molecular weight excluding hydrogens is 168 g/mol. The molecule has 0 spiro atoms. The molecule has 4 heteroatoms. The number of likely N-dealkylation sites (tertiary alicyclic amines) is 1. The maximum Gasteiger partial charge on any atom is 0.0789 e. The van der Waals surface area contributed by atoms with Crippen molar-refractivity contribution < 1.29 is 9.84 Å². The second kappa shape index (κ2) is 5.54. The van der Waals surface area contributed by atoms with E-state index in [-0.39, 0.29) is 6.10 Å². The van der Waals surface area contributed by atoms with Crippen LogP contribution >= 0.6 is 0 Å². The minimum absolute atomic E-state index is 0.351. The van der Waals surface area contributed by atoms with Gasteiger partial charge in [-0.1, -0.05) is 0 Å². The normalized spacial score (nSPS) is 23.3. The minimum Gasteiger partial charge on any atom is -0.390 e. The van der Waals surface area contributed by atoms with Crippen LogP contribution in [0.5, 0.6) is 0 Å². The van der Waals surface area contributed by atoms with E-state index in [9.17, 15) is 5.11 Å². The highest BCUT2D eigenvalue weighted by Crippen LogP contribution is 2.12. The lowest BCUT2D eigenvalue weighted by Crippen LogP contribution is -2.42. The molecule has 3 N–H and O–H groups in total. The molecule has 1 heterocycles. The van der Waals surface area contributed by atoms with Crippen LogP contribution in [0.4, 0.5) is 0 Å². The van der Waals surface area contributed by atoms with Gasteiger partial charge in [-0.25, -0.2) is 0 Å². The summed E-state index contributed by atoms with van der Waals surface area (Å²) in [5.41, 5.74) is 5.34. The summed E-state index contributed by atoms with van der Waals surface area (Å²) in [5, 5.41) is 9.34. The number of ether oxygens (including phenoxy) is 1. The zero-order chi connectivity index (χ0) is 9.68. The average Bonchev–Trinajstić information content (AvgIpc) is 2.19. The van der Waals surface area contributed by atoms with Gasteiger partial charge in [-0.15, -0.1) is 0 Å². The Bertz CT molecular complexity index is 136. The highest BCUT2D eigenvalue weighted by Gasteiger charge is 2.19. The monoisotopic (exact) mass is 188 g/mol. The Labute approximate surface area is 79.7 Å². The lowest BCUT2D eigenvalue weighted by Gasteiger charge is -2.32. The van der Waals surface area contributed by atoms with Crippen molar-refractivity contribution in [1.29, 1.82) is 0 Å². The number of methoxy groups -OCH3 is 1. The van der Waals surface area contributed by atoms with Gasteiger partial charge in [0.2, 0.25) is 0 Å². The fourth-order valence-corrected chi connectivity index (χ4v) is 1.70. The Morgan fingerprint density at radius 1 is 1.54 bits per heavy atom. The fraction of sp³-hybridized carbons (Fsp3) is 1.00. The van der Waals surface area contributed by atoms with E-state index >= 15 is 0 Å². The third kappa shape index (κ3) is 3.60. The van der Waals surface area contributed by atoms with Crippen molar-refractivity contribution in [1.82, 2.24) is 4.90 Å². The number of rotatable bonds is 4. The van der Waals surface area contributed by atoms with Crippen LogP contribution in [-0.4, -0.2) is 55.5 Å². The quantitative estimate of drug-likeness (QED) is 0.619. The topological polar surface area (TPSA) is 58.7 Å². The molecule has 4 nitrogen and oxygen atoms in total. The van der Waals surface area contributed by atoms with Crippen molar-refractivity contribution in [3.8, 4) is 0 Å². The van der Waals surface area contributed by atoms with Crippen LogP contribution in [0.25, 0.3) is 0 Å². The van der Waals surface area contributed by atoms with Crippen LogP contribution < -0.4 is 5.73 Å². The molecule has 0 aromatic heterocycles. The van der Waals surface area contributed by atoms with Gasteiger partial charge in [0.15, 0.2) is 0 Å². The number of nitrogens with zero attached hydrogens (tertiary/aromatic N) is 1. The van der Waals surface area contributed by atoms with E-state index < -0.39 is 0 Å². The highest BCUT2D eigenvalue weighted by atomic mass is 16.5. The molecule has 1 rings (SSSR count). The summed E-state index contributed by atoms with van der Waals surface area (Å²) >= 11 is 0. The number of nitrogens with two attached hydrogens (primary N) is 1. The van der Waals surface area contributed by atoms with Crippen molar-refractivity contribution in [3.05, 3.63) is 0 Å². The van der Waals surface area contributed by atoms with Crippen molar-refractivity contribution >= 4 is 0 Å². The van der Waals surface area contributed by atoms with Gasteiger partial charge in [-0.05, 0) is 12.8 Å². The number of aliphatic hydroxyl groups is 1. The van der Waals surface area contributed by atoms with E-state index in [0.29, 0.717) is 19.2 Å². The molecule has 0 aromatic rings. The molecule has 1 aliphatic heterocycles. The molecule has 78 valence electrons. The molecule has 0 radical (unpaired) electrons. The zero-order valence-corrected chi connectivity index (χ0v) is 8.28. The Hall–Kier alpha value is -0.160. The number of β-amino-alcohol motifs (C(OH)–C–C–N with tert-alkyl or cyclic N) is 1. The molecule has 0 aliphatic carbocycles. The predicted octanol–water partition coefficient (Wildman–Crippen LogP) is -0.583. The van der Waals surface area contributed by atoms with E-state index in [2.05, 4.69) is 4.90 Å². The standard InChI is InChI=1S/C9H20N2O2/c1-13-9-2-4-11(5-3-9)7-8(12)6-10/h8-9,12H,2-7,10H2,1H3/t8-/m0/s1. The first-order chi connectivity index (χ1) is 6.26. The molecule has 0 unspecified atom stereocenters. The maximum atomic E-state index is 9.34. The molecule has 13 heavy (non-hydrogen) atoms.